The van der Waals surface area contributed by atoms with E-state index in [2.05, 4.69) is 5.32 Å². The van der Waals surface area contributed by atoms with Gasteiger partial charge in [0.05, 0.1) is 17.7 Å². The van der Waals surface area contributed by atoms with E-state index in [1.807, 2.05) is 26.0 Å². The van der Waals surface area contributed by atoms with Gasteiger partial charge < -0.3 is 15.0 Å². The monoisotopic (exact) mass is 551 g/mol. The van der Waals surface area contributed by atoms with Crippen molar-refractivity contribution in [3.63, 3.8) is 0 Å². The molecule has 0 aliphatic heterocycles. The van der Waals surface area contributed by atoms with E-state index in [1.54, 1.807) is 68.6 Å². The van der Waals surface area contributed by atoms with Crippen LogP contribution in [0.15, 0.2) is 83.8 Å². The Kier molecular flexibility index (Phi) is 10.5. The number of anilines is 1. The van der Waals surface area contributed by atoms with Gasteiger partial charge in [0.25, 0.3) is 10.0 Å². The number of nitrogens with one attached hydrogen (secondary N) is 1. The molecule has 3 rings (SSSR count). The zero-order chi connectivity index (χ0) is 28.4. The Bertz CT molecular complexity index is 1330. The maximum atomic E-state index is 13.9. The first-order valence-corrected chi connectivity index (χ1v) is 14.5. The van der Waals surface area contributed by atoms with Gasteiger partial charge in [-0.2, -0.15) is 0 Å². The molecule has 1 atom stereocenters. The van der Waals surface area contributed by atoms with E-state index in [9.17, 15) is 18.0 Å². The summed E-state index contributed by atoms with van der Waals surface area (Å²) in [4.78, 5) is 28.4. The van der Waals surface area contributed by atoms with Crippen molar-refractivity contribution in [1.29, 1.82) is 0 Å². The second kappa shape index (κ2) is 13.8. The number of hydrogen-bond acceptors (Lipinski definition) is 5. The van der Waals surface area contributed by atoms with Gasteiger partial charge in [-0.3, -0.25) is 13.9 Å². The van der Waals surface area contributed by atoms with Crippen molar-refractivity contribution < 1.29 is 22.7 Å². The van der Waals surface area contributed by atoms with E-state index in [4.69, 9.17) is 4.74 Å². The number of sulfonamides is 1. The molecule has 3 aromatic rings. The fraction of sp³-hybridized carbons (Fsp3) is 0.333. The molecule has 0 bridgehead atoms. The minimum Gasteiger partial charge on any atom is -0.497 e. The molecule has 0 saturated carbocycles. The summed E-state index contributed by atoms with van der Waals surface area (Å²) in [6.45, 7) is 5.72. The molecule has 0 aliphatic rings. The van der Waals surface area contributed by atoms with Gasteiger partial charge in [0.2, 0.25) is 11.8 Å². The second-order valence-corrected chi connectivity index (χ2v) is 11.2. The number of carbonyl (C=O) groups excluding carboxylic acids is 2. The van der Waals surface area contributed by atoms with Crippen LogP contribution in [0.2, 0.25) is 0 Å². The third kappa shape index (κ3) is 7.83. The molecule has 8 nitrogen and oxygen atoms in total. The molecule has 3 aromatic carbocycles. The lowest BCUT2D eigenvalue weighted by molar-refractivity contribution is -0.139. The number of hydrogen-bond donors (Lipinski definition) is 1. The number of ether oxygens (including phenoxy) is 1. The molecule has 0 aliphatic carbocycles. The average Bonchev–Trinajstić information content (AvgIpc) is 2.95. The number of methoxy groups -OCH3 is 1. The lowest BCUT2D eigenvalue weighted by atomic mass is 10.1. The Balaban J connectivity index is 1.96. The molecule has 1 N–H and O–H groups in total. The molecular formula is C30H37N3O5S. The average molecular weight is 552 g/mol. The predicted molar refractivity (Wildman–Crippen MR) is 153 cm³/mol. The highest BCUT2D eigenvalue weighted by atomic mass is 32.2. The number of amides is 2. The molecule has 0 heterocycles. The van der Waals surface area contributed by atoms with Crippen LogP contribution < -0.4 is 14.4 Å². The summed E-state index contributed by atoms with van der Waals surface area (Å²) in [5.74, 6) is -0.122. The number of carbonyl (C=O) groups is 2. The number of unbranched alkanes of at least 4 members (excludes halogenated alkanes) is 1. The Hall–Kier alpha value is -3.85. The Morgan fingerprint density at radius 2 is 1.59 bits per heavy atom. The molecule has 39 heavy (non-hydrogen) atoms. The quantitative estimate of drug-likeness (QED) is 0.315. The summed E-state index contributed by atoms with van der Waals surface area (Å²) in [6, 6.07) is 21.4. The first-order valence-electron chi connectivity index (χ1n) is 13.0. The van der Waals surface area contributed by atoms with Crippen LogP contribution >= 0.6 is 0 Å². The highest BCUT2D eigenvalue weighted by molar-refractivity contribution is 7.92. The lowest BCUT2D eigenvalue weighted by Crippen LogP contribution is -2.51. The fourth-order valence-corrected chi connectivity index (χ4v) is 5.42. The van der Waals surface area contributed by atoms with E-state index in [-0.39, 0.29) is 17.3 Å². The number of benzene rings is 3. The molecule has 208 valence electrons. The van der Waals surface area contributed by atoms with Crippen molar-refractivity contribution in [2.24, 2.45) is 0 Å². The zero-order valence-corrected chi connectivity index (χ0v) is 23.8. The van der Waals surface area contributed by atoms with Crippen molar-refractivity contribution >= 4 is 27.5 Å². The van der Waals surface area contributed by atoms with Gasteiger partial charge in [-0.15, -0.1) is 0 Å². The topological polar surface area (TPSA) is 96.0 Å². The standard InChI is InChI=1S/C30H37N3O5S/c1-5-6-20-31-30(35)24(3)32(21-25-14-16-27(38-4)17-15-25)29(34)22-33(26-10-8-7-9-11-26)39(36,37)28-18-12-23(2)13-19-28/h7-19,24H,5-6,20-22H2,1-4H3,(H,31,35)/t24-/m1/s1. The minimum atomic E-state index is -4.08. The molecule has 2 amide bonds. The summed E-state index contributed by atoms with van der Waals surface area (Å²) in [5.41, 5.74) is 2.06. The highest BCUT2D eigenvalue weighted by Gasteiger charge is 2.32. The lowest BCUT2D eigenvalue weighted by Gasteiger charge is -2.32. The van der Waals surface area contributed by atoms with Crippen LogP contribution in [0, 0.1) is 6.92 Å². The van der Waals surface area contributed by atoms with Crippen LogP contribution in [0.3, 0.4) is 0 Å². The maximum absolute atomic E-state index is 13.9. The predicted octanol–water partition coefficient (Wildman–Crippen LogP) is 4.53. The van der Waals surface area contributed by atoms with E-state index >= 15 is 0 Å². The van der Waals surface area contributed by atoms with Crippen molar-refractivity contribution in [2.45, 2.75) is 51.1 Å². The molecule has 0 spiro atoms. The van der Waals surface area contributed by atoms with Crippen LogP contribution in [0.25, 0.3) is 0 Å². The second-order valence-electron chi connectivity index (χ2n) is 9.35. The first-order chi connectivity index (χ1) is 18.7. The zero-order valence-electron chi connectivity index (χ0n) is 23.0. The van der Waals surface area contributed by atoms with Crippen LogP contribution in [0.5, 0.6) is 5.75 Å². The van der Waals surface area contributed by atoms with Gasteiger partial charge in [0.1, 0.15) is 18.3 Å². The molecule has 0 radical (unpaired) electrons. The van der Waals surface area contributed by atoms with Crippen LogP contribution in [0.4, 0.5) is 5.69 Å². The third-order valence-corrected chi connectivity index (χ3v) is 8.23. The van der Waals surface area contributed by atoms with Crippen LogP contribution in [-0.4, -0.2) is 51.4 Å². The number of rotatable bonds is 13. The smallest absolute Gasteiger partial charge is 0.264 e. The van der Waals surface area contributed by atoms with Gasteiger partial charge in [0, 0.05) is 13.1 Å². The molecule has 9 heteroatoms. The summed E-state index contributed by atoms with van der Waals surface area (Å²) in [5, 5.41) is 2.88. The fourth-order valence-electron chi connectivity index (χ4n) is 4.01. The third-order valence-electron chi connectivity index (χ3n) is 6.44. The minimum absolute atomic E-state index is 0.0804. The largest absolute Gasteiger partial charge is 0.497 e. The normalized spacial score (nSPS) is 11.9. The first kappa shape index (κ1) is 29.7. The maximum Gasteiger partial charge on any atom is 0.264 e. The van der Waals surface area contributed by atoms with Crippen molar-refractivity contribution in [2.75, 3.05) is 24.5 Å². The molecule has 0 unspecified atom stereocenters. The van der Waals surface area contributed by atoms with E-state index in [0.29, 0.717) is 18.0 Å². The highest BCUT2D eigenvalue weighted by Crippen LogP contribution is 2.25. The molecule has 0 saturated heterocycles. The Morgan fingerprint density at radius 3 is 2.18 bits per heavy atom. The van der Waals surface area contributed by atoms with Crippen molar-refractivity contribution in [3.05, 3.63) is 90.0 Å². The van der Waals surface area contributed by atoms with E-state index in [1.165, 1.54) is 17.0 Å². The van der Waals surface area contributed by atoms with Gasteiger partial charge in [-0.05, 0) is 62.2 Å². The van der Waals surface area contributed by atoms with Gasteiger partial charge in [0.15, 0.2) is 0 Å². The van der Waals surface area contributed by atoms with E-state index < -0.39 is 28.5 Å². The van der Waals surface area contributed by atoms with Gasteiger partial charge in [-0.25, -0.2) is 8.42 Å². The molecule has 0 aromatic heterocycles. The van der Waals surface area contributed by atoms with E-state index in [0.717, 1.165) is 28.3 Å². The number of nitrogens with zero attached hydrogens (tertiary/aromatic N) is 2. The summed E-state index contributed by atoms with van der Waals surface area (Å²) in [6.07, 6.45) is 1.74. The van der Waals surface area contributed by atoms with Gasteiger partial charge >= 0.3 is 0 Å². The van der Waals surface area contributed by atoms with Crippen molar-refractivity contribution in [3.8, 4) is 5.75 Å². The summed E-state index contributed by atoms with van der Waals surface area (Å²) < 4.78 is 33.9. The molecular weight excluding hydrogens is 514 g/mol. The SMILES string of the molecule is CCCCNC(=O)[C@@H](C)N(Cc1ccc(OC)cc1)C(=O)CN(c1ccccc1)S(=O)(=O)c1ccc(C)cc1. The Labute approximate surface area is 231 Å². The number of para-hydroxylation sites is 1. The summed E-state index contributed by atoms with van der Waals surface area (Å²) in [7, 11) is -2.51. The van der Waals surface area contributed by atoms with Gasteiger partial charge in [-0.1, -0.05) is 61.4 Å². The summed E-state index contributed by atoms with van der Waals surface area (Å²) >= 11 is 0. The van der Waals surface area contributed by atoms with Crippen LogP contribution in [0.1, 0.15) is 37.8 Å². The Morgan fingerprint density at radius 1 is 0.949 bits per heavy atom. The number of aryl methyl sites for hydroxylation is 1. The molecule has 0 fully saturated rings. The van der Waals surface area contributed by atoms with Crippen molar-refractivity contribution in [1.82, 2.24) is 10.2 Å². The van der Waals surface area contributed by atoms with Crippen LogP contribution in [-0.2, 0) is 26.2 Å².